The Morgan fingerprint density at radius 3 is 2.60 bits per heavy atom. The Bertz CT molecular complexity index is 579. The lowest BCUT2D eigenvalue weighted by Gasteiger charge is -2.09. The molecular weight excluding hydrogens is 250 g/mol. The molecule has 0 unspecified atom stereocenters. The van der Waals surface area contributed by atoms with Gasteiger partial charge in [-0.3, -0.25) is 9.78 Å². The van der Waals surface area contributed by atoms with Gasteiger partial charge in [-0.25, -0.2) is 0 Å². The Morgan fingerprint density at radius 2 is 1.95 bits per heavy atom. The van der Waals surface area contributed by atoms with Gasteiger partial charge in [0.05, 0.1) is 17.4 Å². The van der Waals surface area contributed by atoms with Crippen LogP contribution in [0.3, 0.4) is 0 Å². The molecule has 1 aromatic carbocycles. The molecule has 4 heteroatoms. The first-order valence-electron chi connectivity index (χ1n) is 6.76. The predicted octanol–water partition coefficient (Wildman–Crippen LogP) is 3.33. The molecule has 0 spiro atoms. The summed E-state index contributed by atoms with van der Waals surface area (Å²) in [7, 11) is 1.77. The minimum absolute atomic E-state index is 0.139. The summed E-state index contributed by atoms with van der Waals surface area (Å²) in [6, 6.07) is 9.66. The normalized spacial score (nSPS) is 10.1. The number of hydrogen-bond donors (Lipinski definition) is 2. The molecule has 0 bridgehead atoms. The number of anilines is 2. The number of rotatable bonds is 5. The zero-order valence-electron chi connectivity index (χ0n) is 11.8. The molecule has 0 fully saturated rings. The highest BCUT2D eigenvalue weighted by molar-refractivity contribution is 6.07. The van der Waals surface area contributed by atoms with Crippen LogP contribution in [-0.4, -0.2) is 17.9 Å². The molecule has 0 aliphatic rings. The van der Waals surface area contributed by atoms with E-state index in [2.05, 4.69) is 22.5 Å². The van der Waals surface area contributed by atoms with Gasteiger partial charge in [0.25, 0.3) is 5.91 Å². The maximum Gasteiger partial charge on any atom is 0.257 e. The lowest BCUT2D eigenvalue weighted by atomic mass is 10.1. The summed E-state index contributed by atoms with van der Waals surface area (Å²) in [5.74, 6) is -0.139. The van der Waals surface area contributed by atoms with Crippen LogP contribution in [0.2, 0.25) is 0 Å². The van der Waals surface area contributed by atoms with Crippen molar-refractivity contribution in [2.24, 2.45) is 0 Å². The third-order valence-corrected chi connectivity index (χ3v) is 3.09. The Kier molecular flexibility index (Phi) is 4.71. The molecule has 2 aromatic rings. The molecule has 0 aliphatic heterocycles. The molecule has 0 atom stereocenters. The predicted molar refractivity (Wildman–Crippen MR) is 82.2 cm³/mol. The number of aromatic nitrogens is 1. The molecule has 1 heterocycles. The van der Waals surface area contributed by atoms with E-state index in [-0.39, 0.29) is 5.91 Å². The van der Waals surface area contributed by atoms with Crippen molar-refractivity contribution in [3.63, 3.8) is 0 Å². The Hall–Kier alpha value is -2.36. The number of carbonyl (C=O) groups is 1. The van der Waals surface area contributed by atoms with Crippen molar-refractivity contribution in [2.45, 2.75) is 19.8 Å². The fourth-order valence-electron chi connectivity index (χ4n) is 2.03. The van der Waals surface area contributed by atoms with Gasteiger partial charge in [0.15, 0.2) is 0 Å². The fraction of sp³-hybridized carbons (Fsp3) is 0.250. The molecule has 0 radical (unpaired) electrons. The summed E-state index contributed by atoms with van der Waals surface area (Å²) in [6.45, 7) is 2.15. The molecule has 4 nitrogen and oxygen atoms in total. The first-order chi connectivity index (χ1) is 9.74. The van der Waals surface area contributed by atoms with Gasteiger partial charge < -0.3 is 10.6 Å². The number of benzene rings is 1. The second-order valence-corrected chi connectivity index (χ2v) is 4.57. The van der Waals surface area contributed by atoms with Crippen LogP contribution in [0, 0.1) is 0 Å². The monoisotopic (exact) mass is 269 g/mol. The summed E-state index contributed by atoms with van der Waals surface area (Å²) in [4.78, 5) is 16.2. The van der Waals surface area contributed by atoms with E-state index in [0.717, 1.165) is 18.5 Å². The van der Waals surface area contributed by atoms with Crippen molar-refractivity contribution in [1.29, 1.82) is 0 Å². The first kappa shape index (κ1) is 14.1. The van der Waals surface area contributed by atoms with Gasteiger partial charge in [0.2, 0.25) is 0 Å². The first-order valence-corrected chi connectivity index (χ1v) is 6.76. The Morgan fingerprint density at radius 1 is 1.20 bits per heavy atom. The van der Waals surface area contributed by atoms with E-state index < -0.39 is 0 Å². The number of nitrogens with one attached hydrogen (secondary N) is 2. The maximum absolute atomic E-state index is 12.2. The standard InChI is InChI=1S/C16H19N3O/c1-3-4-12-5-7-13(8-6-12)19-16(20)14-9-10-18-11-15(14)17-2/h5-11,17H,3-4H2,1-2H3,(H,19,20). The lowest BCUT2D eigenvalue weighted by molar-refractivity contribution is 0.102. The number of amides is 1. The second-order valence-electron chi connectivity index (χ2n) is 4.57. The summed E-state index contributed by atoms with van der Waals surface area (Å²) in [5.41, 5.74) is 3.38. The number of pyridine rings is 1. The summed E-state index contributed by atoms with van der Waals surface area (Å²) in [6.07, 6.45) is 5.43. The molecule has 2 rings (SSSR count). The zero-order valence-corrected chi connectivity index (χ0v) is 11.8. The van der Waals surface area contributed by atoms with Crippen LogP contribution in [0.1, 0.15) is 29.3 Å². The number of carbonyl (C=O) groups excluding carboxylic acids is 1. The Balaban J connectivity index is 2.11. The van der Waals surface area contributed by atoms with Gasteiger partial charge in [-0.2, -0.15) is 0 Å². The zero-order chi connectivity index (χ0) is 14.4. The highest BCUT2D eigenvalue weighted by Gasteiger charge is 2.10. The van der Waals surface area contributed by atoms with E-state index in [1.165, 1.54) is 5.56 Å². The fourth-order valence-corrected chi connectivity index (χ4v) is 2.03. The molecule has 104 valence electrons. The summed E-state index contributed by atoms with van der Waals surface area (Å²) < 4.78 is 0. The molecule has 2 N–H and O–H groups in total. The minimum Gasteiger partial charge on any atom is -0.386 e. The molecule has 1 amide bonds. The van der Waals surface area contributed by atoms with Crippen LogP contribution in [0.4, 0.5) is 11.4 Å². The van der Waals surface area contributed by atoms with Gasteiger partial charge in [-0.1, -0.05) is 25.5 Å². The smallest absolute Gasteiger partial charge is 0.257 e. The topological polar surface area (TPSA) is 54.0 Å². The highest BCUT2D eigenvalue weighted by atomic mass is 16.1. The van der Waals surface area contributed by atoms with E-state index in [0.29, 0.717) is 11.3 Å². The van der Waals surface area contributed by atoms with Crippen LogP contribution in [0.15, 0.2) is 42.7 Å². The molecule has 20 heavy (non-hydrogen) atoms. The van der Waals surface area contributed by atoms with Crippen molar-refractivity contribution in [3.8, 4) is 0 Å². The quantitative estimate of drug-likeness (QED) is 0.875. The average molecular weight is 269 g/mol. The van der Waals surface area contributed by atoms with E-state index >= 15 is 0 Å². The van der Waals surface area contributed by atoms with Gasteiger partial charge in [0, 0.05) is 18.9 Å². The Labute approximate surface area is 119 Å². The molecule has 0 saturated heterocycles. The van der Waals surface area contributed by atoms with Crippen molar-refractivity contribution in [3.05, 3.63) is 53.9 Å². The molecule has 0 aliphatic carbocycles. The van der Waals surface area contributed by atoms with Gasteiger partial charge >= 0.3 is 0 Å². The minimum atomic E-state index is -0.139. The number of nitrogens with zero attached hydrogens (tertiary/aromatic N) is 1. The van der Waals surface area contributed by atoms with Crippen molar-refractivity contribution in [1.82, 2.24) is 4.98 Å². The molecule has 1 aromatic heterocycles. The average Bonchev–Trinajstić information content (AvgIpc) is 2.49. The maximum atomic E-state index is 12.2. The molecular formula is C16H19N3O. The third kappa shape index (κ3) is 3.35. The van der Waals surface area contributed by atoms with Crippen LogP contribution in [0.5, 0.6) is 0 Å². The largest absolute Gasteiger partial charge is 0.386 e. The molecule has 0 saturated carbocycles. The second kappa shape index (κ2) is 6.70. The number of aryl methyl sites for hydroxylation is 1. The van der Waals surface area contributed by atoms with Gasteiger partial charge in [0.1, 0.15) is 0 Å². The third-order valence-electron chi connectivity index (χ3n) is 3.09. The van der Waals surface area contributed by atoms with Gasteiger partial charge in [-0.05, 0) is 30.2 Å². The van der Waals surface area contributed by atoms with Gasteiger partial charge in [-0.15, -0.1) is 0 Å². The van der Waals surface area contributed by atoms with E-state index in [1.807, 2.05) is 24.3 Å². The van der Waals surface area contributed by atoms with Crippen molar-refractivity contribution < 1.29 is 4.79 Å². The summed E-state index contributed by atoms with van der Waals surface area (Å²) in [5, 5.41) is 5.86. The number of hydrogen-bond acceptors (Lipinski definition) is 3. The van der Waals surface area contributed by atoms with E-state index in [9.17, 15) is 4.79 Å². The van der Waals surface area contributed by atoms with Crippen LogP contribution >= 0.6 is 0 Å². The summed E-state index contributed by atoms with van der Waals surface area (Å²) >= 11 is 0. The van der Waals surface area contributed by atoms with Crippen LogP contribution in [-0.2, 0) is 6.42 Å². The van der Waals surface area contributed by atoms with E-state index in [1.54, 1.807) is 25.5 Å². The van der Waals surface area contributed by atoms with Crippen LogP contribution in [0.25, 0.3) is 0 Å². The van der Waals surface area contributed by atoms with Crippen molar-refractivity contribution in [2.75, 3.05) is 17.7 Å². The highest BCUT2D eigenvalue weighted by Crippen LogP contribution is 2.16. The van der Waals surface area contributed by atoms with E-state index in [4.69, 9.17) is 0 Å². The SMILES string of the molecule is CCCc1ccc(NC(=O)c2ccncc2NC)cc1. The van der Waals surface area contributed by atoms with Crippen molar-refractivity contribution >= 4 is 17.3 Å². The van der Waals surface area contributed by atoms with Crippen LogP contribution < -0.4 is 10.6 Å². The lowest BCUT2D eigenvalue weighted by Crippen LogP contribution is -2.14.